The van der Waals surface area contributed by atoms with E-state index in [0.29, 0.717) is 5.56 Å². The van der Waals surface area contributed by atoms with Gasteiger partial charge in [0.25, 0.3) is 0 Å². The predicted octanol–water partition coefficient (Wildman–Crippen LogP) is 0.475. The second-order valence-electron chi connectivity index (χ2n) is 3.18. The summed E-state index contributed by atoms with van der Waals surface area (Å²) in [6.45, 7) is -0.763. The molecule has 1 aromatic rings. The predicted molar refractivity (Wildman–Crippen MR) is 56.6 cm³/mol. The lowest BCUT2D eigenvalue weighted by molar-refractivity contribution is -0.131. The summed E-state index contributed by atoms with van der Waals surface area (Å²) < 4.78 is 0. The molecule has 16 heavy (non-hydrogen) atoms. The molecule has 5 heteroatoms. The van der Waals surface area contributed by atoms with Crippen molar-refractivity contribution in [3.8, 4) is 5.75 Å². The van der Waals surface area contributed by atoms with Gasteiger partial charge in [0.1, 0.15) is 5.75 Å². The molecule has 0 unspecified atom stereocenters. The topological polar surface area (TPSA) is 98.0 Å². The number of hydrogen-bond donors (Lipinski definition) is 4. The summed E-state index contributed by atoms with van der Waals surface area (Å²) in [5.41, 5.74) is 0.987. The van der Waals surface area contributed by atoms with Gasteiger partial charge in [0.05, 0.1) is 13.2 Å². The molecule has 0 aliphatic carbocycles. The van der Waals surface area contributed by atoms with Crippen LogP contribution in [0.25, 0.3) is 6.08 Å². The Balaban J connectivity index is 3.16. The van der Waals surface area contributed by atoms with E-state index in [9.17, 15) is 9.90 Å². The maximum absolute atomic E-state index is 10.3. The molecule has 0 fully saturated rings. The van der Waals surface area contributed by atoms with Crippen LogP contribution in [-0.4, -0.2) is 26.4 Å². The third-order valence-corrected chi connectivity index (χ3v) is 2.05. The van der Waals surface area contributed by atoms with Crippen molar-refractivity contribution >= 4 is 12.0 Å². The van der Waals surface area contributed by atoms with E-state index < -0.39 is 5.97 Å². The molecular weight excluding hydrogens is 212 g/mol. The molecule has 0 bridgehead atoms. The highest BCUT2D eigenvalue weighted by atomic mass is 16.4. The number of aliphatic hydroxyl groups excluding tert-OH is 2. The Labute approximate surface area is 91.9 Å². The highest BCUT2D eigenvalue weighted by Crippen LogP contribution is 2.25. The third kappa shape index (κ3) is 2.82. The van der Waals surface area contributed by atoms with E-state index in [1.54, 1.807) is 0 Å². The van der Waals surface area contributed by atoms with Crippen LogP contribution >= 0.6 is 0 Å². The van der Waals surface area contributed by atoms with Gasteiger partial charge in [-0.05, 0) is 23.8 Å². The Morgan fingerprint density at radius 1 is 1.19 bits per heavy atom. The average Bonchev–Trinajstić information content (AvgIpc) is 2.27. The quantitative estimate of drug-likeness (QED) is 0.557. The maximum Gasteiger partial charge on any atom is 0.328 e. The maximum atomic E-state index is 10.3. The van der Waals surface area contributed by atoms with Gasteiger partial charge in [-0.3, -0.25) is 0 Å². The number of phenols is 1. The van der Waals surface area contributed by atoms with Crippen molar-refractivity contribution in [3.05, 3.63) is 34.9 Å². The number of aliphatic hydroxyl groups is 2. The van der Waals surface area contributed by atoms with Crippen molar-refractivity contribution in [2.75, 3.05) is 0 Å². The summed E-state index contributed by atoms with van der Waals surface area (Å²) in [4.78, 5) is 10.3. The van der Waals surface area contributed by atoms with Crippen LogP contribution in [0, 0.1) is 0 Å². The molecule has 86 valence electrons. The first kappa shape index (κ1) is 12.2. The molecule has 0 spiro atoms. The van der Waals surface area contributed by atoms with E-state index in [1.165, 1.54) is 18.2 Å². The molecule has 0 saturated carbocycles. The van der Waals surface area contributed by atoms with E-state index in [2.05, 4.69) is 0 Å². The van der Waals surface area contributed by atoms with Crippen molar-refractivity contribution in [1.82, 2.24) is 0 Å². The summed E-state index contributed by atoms with van der Waals surface area (Å²) in [7, 11) is 0. The van der Waals surface area contributed by atoms with E-state index in [4.69, 9.17) is 15.3 Å². The van der Waals surface area contributed by atoms with E-state index >= 15 is 0 Å². The highest BCUT2D eigenvalue weighted by molar-refractivity contribution is 5.85. The van der Waals surface area contributed by atoms with Gasteiger partial charge in [0.15, 0.2) is 0 Å². The summed E-state index contributed by atoms with van der Waals surface area (Å²) in [5.74, 6) is -1.26. The molecule has 0 atom stereocenters. The molecule has 1 rings (SSSR count). The van der Waals surface area contributed by atoms with Crippen LogP contribution in [0.4, 0.5) is 0 Å². The Morgan fingerprint density at radius 2 is 1.69 bits per heavy atom. The molecule has 0 aromatic heterocycles. The first-order chi connectivity index (χ1) is 7.58. The van der Waals surface area contributed by atoms with Crippen molar-refractivity contribution in [3.63, 3.8) is 0 Å². The number of carbonyl (C=O) groups is 1. The highest BCUT2D eigenvalue weighted by Gasteiger charge is 2.07. The second-order valence-corrected chi connectivity index (χ2v) is 3.18. The lowest BCUT2D eigenvalue weighted by atomic mass is 10.0. The molecule has 0 saturated heterocycles. The zero-order chi connectivity index (χ0) is 12.1. The molecule has 1 aromatic carbocycles. The molecule has 5 nitrogen and oxygen atoms in total. The Bertz CT molecular complexity index is 397. The summed E-state index contributed by atoms with van der Waals surface area (Å²) in [6.07, 6.45) is 2.26. The van der Waals surface area contributed by atoms with E-state index in [0.717, 1.165) is 6.08 Å². The summed E-state index contributed by atoms with van der Waals surface area (Å²) in [5, 5.41) is 35.9. The van der Waals surface area contributed by atoms with Crippen LogP contribution in [0.2, 0.25) is 0 Å². The smallest absolute Gasteiger partial charge is 0.328 e. The first-order valence-corrected chi connectivity index (χ1v) is 4.56. The molecule has 0 aliphatic heterocycles. The summed E-state index contributed by atoms with van der Waals surface area (Å²) >= 11 is 0. The van der Waals surface area contributed by atoms with Crippen molar-refractivity contribution in [2.24, 2.45) is 0 Å². The minimum absolute atomic E-state index is 0.169. The van der Waals surface area contributed by atoms with E-state index in [1.807, 2.05) is 0 Å². The van der Waals surface area contributed by atoms with Gasteiger partial charge in [-0.25, -0.2) is 4.79 Å². The van der Waals surface area contributed by atoms with Crippen molar-refractivity contribution in [1.29, 1.82) is 0 Å². The molecule has 0 aliphatic rings. The fourth-order valence-electron chi connectivity index (χ4n) is 1.29. The number of benzene rings is 1. The zero-order valence-electron chi connectivity index (χ0n) is 8.42. The van der Waals surface area contributed by atoms with Crippen LogP contribution < -0.4 is 0 Å². The molecule has 0 amide bonds. The van der Waals surface area contributed by atoms with Gasteiger partial charge < -0.3 is 20.4 Å². The zero-order valence-corrected chi connectivity index (χ0v) is 8.42. The fraction of sp³-hybridized carbons (Fsp3) is 0.182. The third-order valence-electron chi connectivity index (χ3n) is 2.05. The SMILES string of the molecule is O=C(O)C=Cc1cc(CO)c(O)c(CO)c1. The number of hydrogen-bond acceptors (Lipinski definition) is 4. The van der Waals surface area contributed by atoms with Crippen LogP contribution in [0.15, 0.2) is 18.2 Å². The van der Waals surface area contributed by atoms with Gasteiger partial charge >= 0.3 is 5.97 Å². The van der Waals surface area contributed by atoms with Gasteiger partial charge in [-0.1, -0.05) is 0 Å². The minimum Gasteiger partial charge on any atom is -0.507 e. The number of rotatable bonds is 4. The molecule has 0 heterocycles. The number of carboxylic acid groups (broad SMARTS) is 1. The van der Waals surface area contributed by atoms with Crippen LogP contribution in [0.3, 0.4) is 0 Å². The summed E-state index contributed by atoms with van der Waals surface area (Å²) in [6, 6.07) is 2.90. The van der Waals surface area contributed by atoms with Crippen molar-refractivity contribution < 1.29 is 25.2 Å². The van der Waals surface area contributed by atoms with Gasteiger partial charge in [-0.2, -0.15) is 0 Å². The van der Waals surface area contributed by atoms with Crippen molar-refractivity contribution in [2.45, 2.75) is 13.2 Å². The minimum atomic E-state index is -1.09. The van der Waals surface area contributed by atoms with Gasteiger partial charge in [0.2, 0.25) is 0 Å². The lowest BCUT2D eigenvalue weighted by Crippen LogP contribution is -1.93. The van der Waals surface area contributed by atoms with Crippen LogP contribution in [0.5, 0.6) is 5.75 Å². The first-order valence-electron chi connectivity index (χ1n) is 4.56. The number of aliphatic carboxylic acids is 1. The standard InChI is InChI=1S/C11H12O5/c12-5-8-3-7(1-2-10(14)15)4-9(6-13)11(8)16/h1-4,12-13,16H,5-6H2,(H,14,15). The van der Waals surface area contributed by atoms with Crippen LogP contribution in [-0.2, 0) is 18.0 Å². The van der Waals surface area contributed by atoms with Gasteiger partial charge in [0, 0.05) is 17.2 Å². The fourth-order valence-corrected chi connectivity index (χ4v) is 1.29. The Hall–Kier alpha value is -1.85. The average molecular weight is 224 g/mol. The van der Waals surface area contributed by atoms with Crippen LogP contribution in [0.1, 0.15) is 16.7 Å². The Kier molecular flexibility index (Phi) is 4.04. The number of carboxylic acids is 1. The molecular formula is C11H12O5. The number of aromatic hydroxyl groups is 1. The van der Waals surface area contributed by atoms with Gasteiger partial charge in [-0.15, -0.1) is 0 Å². The largest absolute Gasteiger partial charge is 0.507 e. The van der Waals surface area contributed by atoms with E-state index in [-0.39, 0.29) is 30.1 Å². The lowest BCUT2D eigenvalue weighted by Gasteiger charge is -2.07. The molecule has 4 N–H and O–H groups in total. The second kappa shape index (κ2) is 5.29. The monoisotopic (exact) mass is 224 g/mol. The Morgan fingerprint density at radius 3 is 2.06 bits per heavy atom. The molecule has 0 radical (unpaired) electrons. The normalized spacial score (nSPS) is 10.9.